The zero-order chi connectivity index (χ0) is 31.7. The van der Waals surface area contributed by atoms with Gasteiger partial charge in [-0.15, -0.1) is 0 Å². The molecule has 13 heteroatoms. The standard InChI is InChI=1S/C31H40FN7O5/c32-23-10-6-9-22(15-23)17-35-29(42)27(19-40)39-31(44)26(16-24-18-34-20-36-24)38-30(43)25(11-4-5-14-33)37-28(41)13-12-21-7-2-1-3-8-21/h1-3,6-10,15,18,20,25-27,40H,4-5,11-14,16-17,19,33H2,(H,34,36)(H,35,42)(H,37,41)(H,38,43)(H,39,44)/t25-,26-,27-/m0/s1. The minimum absolute atomic E-state index is 0.00188. The van der Waals surface area contributed by atoms with E-state index < -0.39 is 48.3 Å². The number of carbonyl (C=O) groups is 4. The highest BCUT2D eigenvalue weighted by molar-refractivity contribution is 5.94. The van der Waals surface area contributed by atoms with Crippen LogP contribution >= 0.6 is 0 Å². The lowest BCUT2D eigenvalue weighted by Crippen LogP contribution is -2.58. The summed E-state index contributed by atoms with van der Waals surface area (Å²) in [5, 5.41) is 20.4. The van der Waals surface area contributed by atoms with Gasteiger partial charge in [-0.2, -0.15) is 0 Å². The quantitative estimate of drug-likeness (QED) is 0.103. The number of unbranched alkanes of at least 4 members (excludes halogenated alkanes) is 1. The topological polar surface area (TPSA) is 191 Å². The number of imidazole rings is 1. The second-order valence-corrected chi connectivity index (χ2v) is 10.3. The van der Waals surface area contributed by atoms with Crippen molar-refractivity contribution in [3.05, 3.63) is 89.8 Å². The predicted molar refractivity (Wildman–Crippen MR) is 161 cm³/mol. The number of hydrogen-bond donors (Lipinski definition) is 7. The van der Waals surface area contributed by atoms with E-state index in [4.69, 9.17) is 5.73 Å². The van der Waals surface area contributed by atoms with Crippen LogP contribution in [0.2, 0.25) is 0 Å². The molecule has 3 aromatic rings. The third kappa shape index (κ3) is 11.6. The number of nitrogens with two attached hydrogens (primary N) is 1. The first kappa shape index (κ1) is 33.9. The van der Waals surface area contributed by atoms with Gasteiger partial charge in [0, 0.05) is 31.3 Å². The van der Waals surface area contributed by atoms with Crippen LogP contribution in [0.5, 0.6) is 0 Å². The van der Waals surface area contributed by atoms with E-state index in [9.17, 15) is 28.7 Å². The number of hydrogen-bond acceptors (Lipinski definition) is 7. The van der Waals surface area contributed by atoms with Crippen molar-refractivity contribution in [1.29, 1.82) is 0 Å². The third-order valence-electron chi connectivity index (χ3n) is 6.87. The molecule has 0 spiro atoms. The number of H-pyrrole nitrogens is 1. The van der Waals surface area contributed by atoms with E-state index in [2.05, 4.69) is 31.2 Å². The summed E-state index contributed by atoms with van der Waals surface area (Å²) in [6, 6.07) is 11.7. The molecule has 0 unspecified atom stereocenters. The first-order valence-electron chi connectivity index (χ1n) is 14.5. The molecule has 2 aromatic carbocycles. The molecule has 3 rings (SSSR count). The Hall–Kier alpha value is -4.62. The van der Waals surface area contributed by atoms with Crippen LogP contribution in [0, 0.1) is 5.82 Å². The van der Waals surface area contributed by atoms with Crippen LogP contribution in [0.25, 0.3) is 0 Å². The molecule has 44 heavy (non-hydrogen) atoms. The molecule has 0 aliphatic rings. The van der Waals surface area contributed by atoms with Crippen molar-refractivity contribution >= 4 is 23.6 Å². The van der Waals surface area contributed by atoms with Gasteiger partial charge in [0.25, 0.3) is 0 Å². The van der Waals surface area contributed by atoms with Crippen LogP contribution in [0.15, 0.2) is 67.1 Å². The average Bonchev–Trinajstić information content (AvgIpc) is 3.54. The van der Waals surface area contributed by atoms with Crippen molar-refractivity contribution in [3.63, 3.8) is 0 Å². The molecule has 0 saturated heterocycles. The smallest absolute Gasteiger partial charge is 0.245 e. The number of aromatic nitrogens is 2. The first-order valence-corrected chi connectivity index (χ1v) is 14.5. The first-order chi connectivity index (χ1) is 21.3. The fraction of sp³-hybridized carbons (Fsp3) is 0.387. The Bertz CT molecular complexity index is 1340. The lowest BCUT2D eigenvalue weighted by Gasteiger charge is -2.25. The Labute approximate surface area is 255 Å². The maximum Gasteiger partial charge on any atom is 0.245 e. The number of nitrogens with zero attached hydrogens (tertiary/aromatic N) is 1. The van der Waals surface area contributed by atoms with Crippen molar-refractivity contribution in [3.8, 4) is 0 Å². The number of carbonyl (C=O) groups excluding carboxylic acids is 4. The summed E-state index contributed by atoms with van der Waals surface area (Å²) in [4.78, 5) is 59.1. The summed E-state index contributed by atoms with van der Waals surface area (Å²) < 4.78 is 13.5. The highest BCUT2D eigenvalue weighted by atomic mass is 19.1. The second kappa shape index (κ2) is 18.1. The lowest BCUT2D eigenvalue weighted by atomic mass is 10.1. The minimum Gasteiger partial charge on any atom is -0.394 e. The van der Waals surface area contributed by atoms with Crippen LogP contribution in [0.4, 0.5) is 4.39 Å². The molecule has 0 radical (unpaired) electrons. The van der Waals surface area contributed by atoms with Gasteiger partial charge >= 0.3 is 0 Å². The van der Waals surface area contributed by atoms with Crippen LogP contribution < -0.4 is 27.0 Å². The second-order valence-electron chi connectivity index (χ2n) is 10.3. The van der Waals surface area contributed by atoms with Gasteiger partial charge in [-0.1, -0.05) is 42.5 Å². The van der Waals surface area contributed by atoms with Crippen molar-refractivity contribution in [2.24, 2.45) is 5.73 Å². The number of benzene rings is 2. The number of aliphatic hydroxyl groups excluding tert-OH is 1. The summed E-state index contributed by atoms with van der Waals surface area (Å²) in [5.74, 6) is -2.78. The number of aliphatic hydroxyl groups is 1. The number of amides is 4. The molecule has 0 aliphatic carbocycles. The number of halogens is 1. The van der Waals surface area contributed by atoms with Gasteiger partial charge in [0.1, 0.15) is 23.9 Å². The summed E-state index contributed by atoms with van der Waals surface area (Å²) in [5.41, 5.74) is 7.65. The van der Waals surface area contributed by atoms with Crippen molar-refractivity contribution in [1.82, 2.24) is 31.2 Å². The lowest BCUT2D eigenvalue weighted by molar-refractivity contribution is -0.134. The monoisotopic (exact) mass is 609 g/mol. The normalized spacial score (nSPS) is 12.9. The molecule has 0 fully saturated rings. The molecular weight excluding hydrogens is 569 g/mol. The third-order valence-corrected chi connectivity index (χ3v) is 6.87. The number of aromatic amines is 1. The highest BCUT2D eigenvalue weighted by Crippen LogP contribution is 2.08. The van der Waals surface area contributed by atoms with Crippen LogP contribution in [0.3, 0.4) is 0 Å². The Morgan fingerprint density at radius 1 is 0.886 bits per heavy atom. The maximum absolute atomic E-state index is 13.5. The Morgan fingerprint density at radius 3 is 2.30 bits per heavy atom. The van der Waals surface area contributed by atoms with Gasteiger partial charge in [-0.25, -0.2) is 9.37 Å². The summed E-state index contributed by atoms with van der Waals surface area (Å²) in [7, 11) is 0. The number of nitrogens with one attached hydrogen (secondary N) is 5. The Kier molecular flexibility index (Phi) is 14.0. The van der Waals surface area contributed by atoms with E-state index in [1.807, 2.05) is 30.3 Å². The SMILES string of the molecule is NCCCC[C@H](NC(=O)CCc1ccccc1)C(=O)N[C@@H](Cc1cnc[nH]1)C(=O)N[C@@H](CO)C(=O)NCc1cccc(F)c1. The molecule has 1 heterocycles. The molecule has 0 bridgehead atoms. The Morgan fingerprint density at radius 2 is 1.61 bits per heavy atom. The summed E-state index contributed by atoms with van der Waals surface area (Å²) >= 11 is 0. The van der Waals surface area contributed by atoms with Gasteiger partial charge in [-0.05, 0) is 55.5 Å². The van der Waals surface area contributed by atoms with Gasteiger partial charge in [0.05, 0.1) is 12.9 Å². The van der Waals surface area contributed by atoms with E-state index in [0.717, 1.165) is 5.56 Å². The van der Waals surface area contributed by atoms with Crippen molar-refractivity contribution in [2.45, 2.75) is 63.2 Å². The molecule has 3 atom stereocenters. The van der Waals surface area contributed by atoms with Crippen LogP contribution in [-0.4, -0.2) is 70.0 Å². The molecule has 236 valence electrons. The summed E-state index contributed by atoms with van der Waals surface area (Å²) in [6.07, 6.45) is 5.10. The van der Waals surface area contributed by atoms with Crippen molar-refractivity contribution in [2.75, 3.05) is 13.2 Å². The van der Waals surface area contributed by atoms with Gasteiger partial charge in [-0.3, -0.25) is 19.2 Å². The van der Waals surface area contributed by atoms with E-state index >= 15 is 0 Å². The highest BCUT2D eigenvalue weighted by Gasteiger charge is 2.30. The van der Waals surface area contributed by atoms with Crippen LogP contribution in [0.1, 0.15) is 42.5 Å². The fourth-order valence-electron chi connectivity index (χ4n) is 4.45. The van der Waals surface area contributed by atoms with Gasteiger partial charge in [0.2, 0.25) is 23.6 Å². The number of aryl methyl sites for hydroxylation is 1. The molecule has 0 aliphatic heterocycles. The number of rotatable bonds is 18. The van der Waals surface area contributed by atoms with E-state index in [1.165, 1.54) is 30.7 Å². The zero-order valence-corrected chi connectivity index (χ0v) is 24.4. The fourth-order valence-corrected chi connectivity index (χ4v) is 4.45. The molecule has 12 nitrogen and oxygen atoms in total. The minimum atomic E-state index is -1.34. The van der Waals surface area contributed by atoms with Crippen LogP contribution in [-0.2, 0) is 38.6 Å². The van der Waals surface area contributed by atoms with E-state index in [0.29, 0.717) is 43.5 Å². The molecule has 1 aromatic heterocycles. The summed E-state index contributed by atoms with van der Waals surface area (Å²) in [6.45, 7) is -0.318. The zero-order valence-electron chi connectivity index (χ0n) is 24.4. The van der Waals surface area contributed by atoms with Gasteiger partial charge < -0.3 is 37.1 Å². The molecule has 0 saturated carbocycles. The molecule has 8 N–H and O–H groups in total. The predicted octanol–water partition coefficient (Wildman–Crippen LogP) is 0.616. The Balaban J connectivity index is 1.66. The van der Waals surface area contributed by atoms with E-state index in [1.54, 1.807) is 6.07 Å². The van der Waals surface area contributed by atoms with Crippen molar-refractivity contribution < 1.29 is 28.7 Å². The molecule has 4 amide bonds. The van der Waals surface area contributed by atoms with E-state index in [-0.39, 0.29) is 25.3 Å². The molecular formula is C31H40FN7O5. The maximum atomic E-state index is 13.5. The van der Waals surface area contributed by atoms with Gasteiger partial charge in [0.15, 0.2) is 0 Å². The average molecular weight is 610 g/mol. The largest absolute Gasteiger partial charge is 0.394 e.